The summed E-state index contributed by atoms with van der Waals surface area (Å²) in [5.74, 6) is 1.64. The number of aliphatic imine (C=N–C) groups is 1. The van der Waals surface area contributed by atoms with Crippen molar-refractivity contribution >= 4 is 41.5 Å². The summed E-state index contributed by atoms with van der Waals surface area (Å²) >= 11 is 0. The molecule has 8 heteroatoms. The van der Waals surface area contributed by atoms with Crippen LogP contribution >= 0.6 is 24.0 Å². The van der Waals surface area contributed by atoms with Gasteiger partial charge in [0.05, 0.1) is 7.11 Å². The number of nitrogens with zero attached hydrogens (tertiary/aromatic N) is 4. The molecule has 174 valence electrons. The van der Waals surface area contributed by atoms with Crippen molar-refractivity contribution in [3.63, 3.8) is 0 Å². The molecule has 1 saturated heterocycles. The van der Waals surface area contributed by atoms with Crippen LogP contribution < -0.4 is 15.0 Å². The Morgan fingerprint density at radius 2 is 1.72 bits per heavy atom. The second kappa shape index (κ2) is 13.1. The van der Waals surface area contributed by atoms with E-state index in [-0.39, 0.29) is 36.4 Å². The maximum atomic E-state index is 12.7. The number of nitrogens with one attached hydrogen (secondary N) is 1. The van der Waals surface area contributed by atoms with E-state index < -0.39 is 0 Å². The molecule has 7 nitrogen and oxygen atoms in total. The standard InChI is InChI=1S/C24H33N5O2.HI/c1-4-25-24(27(2)19-20-10-12-22(31-3)13-11-20)26-18-23(30)29-16-14-28(15-17-29)21-8-6-5-7-9-21;/h5-13H,4,14-19H2,1-3H3,(H,25,26);1H. The molecule has 2 aromatic carbocycles. The fourth-order valence-corrected chi connectivity index (χ4v) is 3.64. The lowest BCUT2D eigenvalue weighted by Crippen LogP contribution is -2.49. The van der Waals surface area contributed by atoms with Crippen molar-refractivity contribution in [3.05, 3.63) is 60.2 Å². The van der Waals surface area contributed by atoms with Gasteiger partial charge in [0.15, 0.2) is 5.96 Å². The minimum atomic E-state index is 0. The first-order chi connectivity index (χ1) is 15.1. The Morgan fingerprint density at radius 1 is 1.06 bits per heavy atom. The normalized spacial score (nSPS) is 13.9. The van der Waals surface area contributed by atoms with Gasteiger partial charge in [0.2, 0.25) is 5.91 Å². The van der Waals surface area contributed by atoms with Gasteiger partial charge >= 0.3 is 0 Å². The zero-order valence-corrected chi connectivity index (χ0v) is 21.5. The molecule has 0 bridgehead atoms. The summed E-state index contributed by atoms with van der Waals surface area (Å²) in [5, 5.41) is 3.28. The van der Waals surface area contributed by atoms with Crippen LogP contribution in [0.4, 0.5) is 5.69 Å². The number of benzene rings is 2. The van der Waals surface area contributed by atoms with Crippen molar-refractivity contribution in [3.8, 4) is 5.75 Å². The van der Waals surface area contributed by atoms with Gasteiger partial charge in [-0.3, -0.25) is 4.79 Å². The third-order valence-corrected chi connectivity index (χ3v) is 5.39. The molecule has 1 aliphatic heterocycles. The van der Waals surface area contributed by atoms with E-state index in [1.165, 1.54) is 5.69 Å². The number of carbonyl (C=O) groups is 1. The topological polar surface area (TPSA) is 60.4 Å². The number of ether oxygens (including phenoxy) is 1. The number of para-hydroxylation sites is 1. The predicted octanol–water partition coefficient (Wildman–Crippen LogP) is 3.06. The van der Waals surface area contributed by atoms with Crippen LogP contribution in [-0.4, -0.2) is 75.1 Å². The number of carbonyl (C=O) groups excluding carboxylic acids is 1. The van der Waals surface area contributed by atoms with Crippen LogP contribution in [0.5, 0.6) is 5.75 Å². The maximum absolute atomic E-state index is 12.7. The van der Waals surface area contributed by atoms with Gasteiger partial charge in [-0.2, -0.15) is 0 Å². The van der Waals surface area contributed by atoms with E-state index >= 15 is 0 Å². The number of piperazine rings is 1. The molecule has 0 atom stereocenters. The second-order valence-electron chi connectivity index (χ2n) is 7.58. The van der Waals surface area contributed by atoms with E-state index in [1.54, 1.807) is 7.11 Å². The molecule has 3 rings (SSSR count). The lowest BCUT2D eigenvalue weighted by atomic mass is 10.2. The summed E-state index contributed by atoms with van der Waals surface area (Å²) in [5.41, 5.74) is 2.36. The number of hydrogen-bond donors (Lipinski definition) is 1. The van der Waals surface area contributed by atoms with Crippen molar-refractivity contribution in [2.24, 2.45) is 4.99 Å². The second-order valence-corrected chi connectivity index (χ2v) is 7.58. The first-order valence-corrected chi connectivity index (χ1v) is 10.8. The number of methoxy groups -OCH3 is 1. The average Bonchev–Trinajstić information content (AvgIpc) is 2.82. The van der Waals surface area contributed by atoms with Crippen LogP contribution in [0.3, 0.4) is 0 Å². The molecule has 0 spiro atoms. The number of anilines is 1. The molecule has 1 aliphatic rings. The minimum Gasteiger partial charge on any atom is -0.497 e. The van der Waals surface area contributed by atoms with E-state index in [2.05, 4.69) is 27.3 Å². The number of hydrogen-bond acceptors (Lipinski definition) is 4. The van der Waals surface area contributed by atoms with Gasteiger partial charge < -0.3 is 24.8 Å². The highest BCUT2D eigenvalue weighted by atomic mass is 127. The Hall–Kier alpha value is -2.49. The van der Waals surface area contributed by atoms with Gasteiger partial charge in [-0.05, 0) is 36.8 Å². The SMILES string of the molecule is CCNC(=NCC(=O)N1CCN(c2ccccc2)CC1)N(C)Cc1ccc(OC)cc1.I. The first-order valence-electron chi connectivity index (χ1n) is 10.8. The van der Waals surface area contributed by atoms with Crippen molar-refractivity contribution in [2.75, 3.05) is 58.3 Å². The summed E-state index contributed by atoms with van der Waals surface area (Å²) in [4.78, 5) is 23.6. The summed E-state index contributed by atoms with van der Waals surface area (Å²) in [7, 11) is 3.64. The number of amides is 1. The number of halogens is 1. The van der Waals surface area contributed by atoms with Crippen molar-refractivity contribution < 1.29 is 9.53 Å². The fourth-order valence-electron chi connectivity index (χ4n) is 3.64. The zero-order chi connectivity index (χ0) is 22.1. The van der Waals surface area contributed by atoms with Crippen molar-refractivity contribution in [1.82, 2.24) is 15.1 Å². The molecule has 32 heavy (non-hydrogen) atoms. The Kier molecular flexibility index (Phi) is 10.6. The molecule has 1 N–H and O–H groups in total. The summed E-state index contributed by atoms with van der Waals surface area (Å²) in [6.45, 7) is 6.76. The van der Waals surface area contributed by atoms with E-state index in [9.17, 15) is 4.79 Å². The van der Waals surface area contributed by atoms with Gasteiger partial charge in [-0.1, -0.05) is 30.3 Å². The van der Waals surface area contributed by atoms with Crippen LogP contribution in [0.2, 0.25) is 0 Å². The van der Waals surface area contributed by atoms with E-state index in [0.29, 0.717) is 6.54 Å². The highest BCUT2D eigenvalue weighted by Crippen LogP contribution is 2.16. The van der Waals surface area contributed by atoms with Crippen LogP contribution in [0.25, 0.3) is 0 Å². The predicted molar refractivity (Wildman–Crippen MR) is 141 cm³/mol. The molecule has 1 heterocycles. The molecule has 1 amide bonds. The Morgan fingerprint density at radius 3 is 2.31 bits per heavy atom. The molecular weight excluding hydrogens is 517 g/mol. The molecule has 0 aromatic heterocycles. The smallest absolute Gasteiger partial charge is 0.244 e. The van der Waals surface area contributed by atoms with Gasteiger partial charge in [0.1, 0.15) is 12.3 Å². The molecule has 0 saturated carbocycles. The lowest BCUT2D eigenvalue weighted by molar-refractivity contribution is -0.129. The van der Waals surface area contributed by atoms with Gasteiger partial charge in [-0.25, -0.2) is 4.99 Å². The average molecular weight is 551 g/mol. The molecule has 0 unspecified atom stereocenters. The fraction of sp³-hybridized carbons (Fsp3) is 0.417. The van der Waals surface area contributed by atoms with E-state index in [4.69, 9.17) is 4.74 Å². The molecule has 0 radical (unpaired) electrons. The van der Waals surface area contributed by atoms with Crippen molar-refractivity contribution in [2.45, 2.75) is 13.5 Å². The Labute approximate surface area is 208 Å². The summed E-state index contributed by atoms with van der Waals surface area (Å²) < 4.78 is 5.22. The van der Waals surface area contributed by atoms with Gasteiger partial charge in [-0.15, -0.1) is 24.0 Å². The monoisotopic (exact) mass is 551 g/mol. The van der Waals surface area contributed by atoms with E-state index in [0.717, 1.165) is 50.0 Å². The molecule has 2 aromatic rings. The first kappa shape index (κ1) is 25.8. The van der Waals surface area contributed by atoms with Crippen molar-refractivity contribution in [1.29, 1.82) is 0 Å². The van der Waals surface area contributed by atoms with Crippen LogP contribution in [-0.2, 0) is 11.3 Å². The molecular formula is C24H34IN5O2. The number of rotatable bonds is 7. The zero-order valence-electron chi connectivity index (χ0n) is 19.2. The largest absolute Gasteiger partial charge is 0.497 e. The van der Waals surface area contributed by atoms with Crippen LogP contribution in [0, 0.1) is 0 Å². The minimum absolute atomic E-state index is 0. The lowest BCUT2D eigenvalue weighted by Gasteiger charge is -2.36. The highest BCUT2D eigenvalue weighted by molar-refractivity contribution is 14.0. The number of guanidine groups is 1. The summed E-state index contributed by atoms with van der Waals surface area (Å²) in [6, 6.07) is 18.3. The molecule has 0 aliphatic carbocycles. The maximum Gasteiger partial charge on any atom is 0.244 e. The van der Waals surface area contributed by atoms with Crippen LogP contribution in [0.15, 0.2) is 59.6 Å². The molecule has 1 fully saturated rings. The van der Waals surface area contributed by atoms with Crippen LogP contribution in [0.1, 0.15) is 12.5 Å². The van der Waals surface area contributed by atoms with E-state index in [1.807, 2.05) is 66.2 Å². The Balaban J connectivity index is 0.00000363. The Bertz CT molecular complexity index is 852. The van der Waals surface area contributed by atoms with Gasteiger partial charge in [0.25, 0.3) is 0 Å². The quantitative estimate of drug-likeness (QED) is 0.326. The van der Waals surface area contributed by atoms with Gasteiger partial charge in [0, 0.05) is 52.0 Å². The third-order valence-electron chi connectivity index (χ3n) is 5.39. The summed E-state index contributed by atoms with van der Waals surface area (Å²) in [6.07, 6.45) is 0. The highest BCUT2D eigenvalue weighted by Gasteiger charge is 2.21. The third kappa shape index (κ3) is 7.29.